The number of likely N-dealkylation sites (N-methyl/N-ethyl adjacent to an activating group) is 1. The minimum absolute atomic E-state index is 0.702. The zero-order chi connectivity index (χ0) is 7.94. The van der Waals surface area contributed by atoms with E-state index in [2.05, 4.69) is 17.7 Å². The zero-order valence-electron chi connectivity index (χ0n) is 7.53. The van der Waals surface area contributed by atoms with Gasteiger partial charge in [-0.25, -0.2) is 0 Å². The Morgan fingerprint density at radius 2 is 2.00 bits per heavy atom. The molecule has 0 aromatic heterocycles. The molecule has 1 aliphatic rings. The summed E-state index contributed by atoms with van der Waals surface area (Å²) < 4.78 is 0. The van der Waals surface area contributed by atoms with E-state index in [0.29, 0.717) is 6.04 Å². The molecule has 0 radical (unpaired) electrons. The Hall–Kier alpha value is -0.0800. The first kappa shape index (κ1) is 9.01. The SMILES string of the molecule is CNC1CCCCCCNC1. The second kappa shape index (κ2) is 5.56. The molecule has 1 fully saturated rings. The molecule has 0 aliphatic carbocycles. The molecule has 0 bridgehead atoms. The van der Waals surface area contributed by atoms with E-state index in [1.807, 2.05) is 0 Å². The Bertz CT molecular complexity index is 83.6. The van der Waals surface area contributed by atoms with Crippen LogP contribution in [-0.4, -0.2) is 26.2 Å². The van der Waals surface area contributed by atoms with Crippen LogP contribution in [0.3, 0.4) is 0 Å². The highest BCUT2D eigenvalue weighted by molar-refractivity contribution is 4.69. The van der Waals surface area contributed by atoms with Crippen LogP contribution in [0.25, 0.3) is 0 Å². The lowest BCUT2D eigenvalue weighted by molar-refractivity contribution is 0.480. The summed E-state index contributed by atoms with van der Waals surface area (Å²) in [6.07, 6.45) is 6.91. The minimum atomic E-state index is 0.702. The van der Waals surface area contributed by atoms with Gasteiger partial charge in [0, 0.05) is 12.6 Å². The van der Waals surface area contributed by atoms with Crippen LogP contribution in [0.5, 0.6) is 0 Å². The summed E-state index contributed by atoms with van der Waals surface area (Å²) >= 11 is 0. The average Bonchev–Trinajstić information content (AvgIpc) is 2.16. The molecule has 0 saturated carbocycles. The zero-order valence-corrected chi connectivity index (χ0v) is 7.53. The van der Waals surface area contributed by atoms with Crippen LogP contribution in [0.4, 0.5) is 0 Å². The van der Waals surface area contributed by atoms with E-state index < -0.39 is 0 Å². The molecule has 2 N–H and O–H groups in total. The maximum absolute atomic E-state index is 3.47. The topological polar surface area (TPSA) is 24.1 Å². The first-order chi connectivity index (χ1) is 5.43. The Kier molecular flexibility index (Phi) is 4.55. The molecule has 2 nitrogen and oxygen atoms in total. The van der Waals surface area contributed by atoms with Crippen molar-refractivity contribution in [2.75, 3.05) is 20.1 Å². The Morgan fingerprint density at radius 3 is 2.82 bits per heavy atom. The fourth-order valence-corrected chi connectivity index (χ4v) is 1.62. The molecule has 0 spiro atoms. The summed E-state index contributed by atoms with van der Waals surface area (Å²) in [7, 11) is 2.06. The molecule has 1 saturated heterocycles. The average molecular weight is 156 g/mol. The summed E-state index contributed by atoms with van der Waals surface area (Å²) in [6.45, 7) is 2.36. The quantitative estimate of drug-likeness (QED) is 0.594. The largest absolute Gasteiger partial charge is 0.316 e. The molecule has 1 atom stereocenters. The summed E-state index contributed by atoms with van der Waals surface area (Å²) in [4.78, 5) is 0. The van der Waals surface area contributed by atoms with Crippen LogP contribution in [0.1, 0.15) is 32.1 Å². The maximum Gasteiger partial charge on any atom is 0.0189 e. The number of rotatable bonds is 1. The second-order valence-electron chi connectivity index (χ2n) is 3.39. The molecule has 0 aromatic rings. The molecule has 0 aromatic carbocycles. The van der Waals surface area contributed by atoms with Gasteiger partial charge in [0.25, 0.3) is 0 Å². The molecule has 66 valence electrons. The van der Waals surface area contributed by atoms with E-state index in [4.69, 9.17) is 0 Å². The summed E-state index contributed by atoms with van der Waals surface area (Å²) in [5.41, 5.74) is 0. The van der Waals surface area contributed by atoms with Crippen molar-refractivity contribution in [1.82, 2.24) is 10.6 Å². The van der Waals surface area contributed by atoms with Crippen molar-refractivity contribution in [2.45, 2.75) is 38.1 Å². The molecule has 1 unspecified atom stereocenters. The summed E-state index contributed by atoms with van der Waals surface area (Å²) in [6, 6.07) is 0.702. The van der Waals surface area contributed by atoms with E-state index in [1.165, 1.54) is 38.6 Å². The van der Waals surface area contributed by atoms with Crippen LogP contribution in [0, 0.1) is 0 Å². The van der Waals surface area contributed by atoms with Gasteiger partial charge in [-0.05, 0) is 26.4 Å². The highest BCUT2D eigenvalue weighted by atomic mass is 15.0. The maximum atomic E-state index is 3.47. The lowest BCUT2D eigenvalue weighted by Gasteiger charge is -2.14. The molecule has 1 heterocycles. The smallest absolute Gasteiger partial charge is 0.0189 e. The van der Waals surface area contributed by atoms with Crippen molar-refractivity contribution in [2.24, 2.45) is 0 Å². The van der Waals surface area contributed by atoms with Crippen molar-refractivity contribution in [3.8, 4) is 0 Å². The van der Waals surface area contributed by atoms with Gasteiger partial charge in [0.15, 0.2) is 0 Å². The highest BCUT2D eigenvalue weighted by Gasteiger charge is 2.06. The van der Waals surface area contributed by atoms with Crippen LogP contribution in [0.2, 0.25) is 0 Å². The van der Waals surface area contributed by atoms with Gasteiger partial charge in [0.2, 0.25) is 0 Å². The minimum Gasteiger partial charge on any atom is -0.316 e. The molecule has 0 amide bonds. The van der Waals surface area contributed by atoms with Gasteiger partial charge in [-0.3, -0.25) is 0 Å². The van der Waals surface area contributed by atoms with Gasteiger partial charge in [0.05, 0.1) is 0 Å². The van der Waals surface area contributed by atoms with Crippen molar-refractivity contribution in [1.29, 1.82) is 0 Å². The normalized spacial score (nSPS) is 28.6. The first-order valence-electron chi connectivity index (χ1n) is 4.81. The predicted molar refractivity (Wildman–Crippen MR) is 48.8 cm³/mol. The Labute approximate surface area is 69.8 Å². The molecule has 2 heteroatoms. The molecule has 1 aliphatic heterocycles. The van der Waals surface area contributed by atoms with E-state index in [1.54, 1.807) is 0 Å². The van der Waals surface area contributed by atoms with Gasteiger partial charge in [-0.1, -0.05) is 19.3 Å². The van der Waals surface area contributed by atoms with Crippen LogP contribution in [-0.2, 0) is 0 Å². The lowest BCUT2D eigenvalue weighted by Crippen LogP contribution is -2.36. The fraction of sp³-hybridized carbons (Fsp3) is 1.00. The van der Waals surface area contributed by atoms with E-state index >= 15 is 0 Å². The van der Waals surface area contributed by atoms with Crippen LogP contribution < -0.4 is 10.6 Å². The third-order valence-electron chi connectivity index (χ3n) is 2.46. The summed E-state index contributed by atoms with van der Waals surface area (Å²) in [5.74, 6) is 0. The van der Waals surface area contributed by atoms with Crippen LogP contribution >= 0.6 is 0 Å². The first-order valence-corrected chi connectivity index (χ1v) is 4.81. The third kappa shape index (κ3) is 3.73. The number of hydrogen-bond acceptors (Lipinski definition) is 2. The second-order valence-corrected chi connectivity index (χ2v) is 3.39. The van der Waals surface area contributed by atoms with Crippen LogP contribution in [0.15, 0.2) is 0 Å². The van der Waals surface area contributed by atoms with Crippen molar-refractivity contribution >= 4 is 0 Å². The fourth-order valence-electron chi connectivity index (χ4n) is 1.62. The molecule has 1 rings (SSSR count). The van der Waals surface area contributed by atoms with E-state index in [0.717, 1.165) is 6.54 Å². The van der Waals surface area contributed by atoms with Gasteiger partial charge >= 0.3 is 0 Å². The van der Waals surface area contributed by atoms with Gasteiger partial charge < -0.3 is 10.6 Å². The van der Waals surface area contributed by atoms with E-state index in [-0.39, 0.29) is 0 Å². The third-order valence-corrected chi connectivity index (χ3v) is 2.46. The standard InChI is InChI=1S/C9H20N2/c1-10-9-6-4-2-3-5-7-11-8-9/h9-11H,2-8H2,1H3. The Balaban J connectivity index is 2.19. The molecular formula is C9H20N2. The highest BCUT2D eigenvalue weighted by Crippen LogP contribution is 2.06. The van der Waals surface area contributed by atoms with Gasteiger partial charge in [-0.15, -0.1) is 0 Å². The van der Waals surface area contributed by atoms with Gasteiger partial charge in [-0.2, -0.15) is 0 Å². The van der Waals surface area contributed by atoms with E-state index in [9.17, 15) is 0 Å². The number of nitrogens with one attached hydrogen (secondary N) is 2. The lowest BCUT2D eigenvalue weighted by atomic mass is 10.1. The monoisotopic (exact) mass is 156 g/mol. The number of hydrogen-bond donors (Lipinski definition) is 2. The molecule has 11 heavy (non-hydrogen) atoms. The van der Waals surface area contributed by atoms with Gasteiger partial charge in [0.1, 0.15) is 0 Å². The van der Waals surface area contributed by atoms with Crippen molar-refractivity contribution in [3.63, 3.8) is 0 Å². The van der Waals surface area contributed by atoms with Crippen molar-refractivity contribution < 1.29 is 0 Å². The molecular weight excluding hydrogens is 136 g/mol. The Morgan fingerprint density at radius 1 is 1.18 bits per heavy atom. The predicted octanol–water partition coefficient (Wildman–Crippen LogP) is 1.13. The summed E-state index contributed by atoms with van der Waals surface area (Å²) in [5, 5.41) is 6.80. The van der Waals surface area contributed by atoms with Crippen molar-refractivity contribution in [3.05, 3.63) is 0 Å².